The quantitative estimate of drug-likeness (QED) is 0.614. The molecule has 1 heterocycles. The summed E-state index contributed by atoms with van der Waals surface area (Å²) < 4.78 is 36.7. The van der Waals surface area contributed by atoms with Crippen LogP contribution in [0.1, 0.15) is 18.1 Å². The Labute approximate surface area is 174 Å². The Balaban J connectivity index is 1.70. The molecule has 1 saturated heterocycles. The molecule has 7 heteroatoms. The predicted molar refractivity (Wildman–Crippen MR) is 107 cm³/mol. The van der Waals surface area contributed by atoms with E-state index in [1.54, 1.807) is 6.92 Å². The largest absolute Gasteiger partial charge is 0.461 e. The number of carbonyl (C=O) groups is 2. The third-order valence-corrected chi connectivity index (χ3v) is 5.35. The van der Waals surface area contributed by atoms with Gasteiger partial charge in [0.2, 0.25) is 0 Å². The Bertz CT molecular complexity index is 847. The SMILES string of the molecule is CC1(C(=O)OCc2ccccc2)CN(CC(F)F)CC1C(=O)OCc1ccccc1. The number of ether oxygens (including phenoxy) is 2. The number of hydrogen-bond acceptors (Lipinski definition) is 5. The van der Waals surface area contributed by atoms with Crippen molar-refractivity contribution >= 4 is 11.9 Å². The van der Waals surface area contributed by atoms with Crippen molar-refractivity contribution < 1.29 is 27.8 Å². The second-order valence-electron chi connectivity index (χ2n) is 7.71. The van der Waals surface area contributed by atoms with Crippen LogP contribution >= 0.6 is 0 Å². The molecule has 0 aromatic heterocycles. The van der Waals surface area contributed by atoms with Crippen LogP contribution in [0.2, 0.25) is 0 Å². The van der Waals surface area contributed by atoms with Gasteiger partial charge in [-0.15, -0.1) is 0 Å². The van der Waals surface area contributed by atoms with Crippen LogP contribution in [-0.2, 0) is 32.3 Å². The molecule has 2 aromatic carbocycles. The van der Waals surface area contributed by atoms with Gasteiger partial charge in [0.1, 0.15) is 13.2 Å². The van der Waals surface area contributed by atoms with E-state index in [1.165, 1.54) is 4.90 Å². The van der Waals surface area contributed by atoms with E-state index in [4.69, 9.17) is 9.47 Å². The van der Waals surface area contributed by atoms with E-state index < -0.39 is 36.2 Å². The van der Waals surface area contributed by atoms with Crippen molar-refractivity contribution in [1.82, 2.24) is 4.90 Å². The Morgan fingerprint density at radius 3 is 2.07 bits per heavy atom. The molecule has 0 aliphatic carbocycles. The first kappa shape index (κ1) is 21.9. The van der Waals surface area contributed by atoms with Crippen LogP contribution in [-0.4, -0.2) is 42.9 Å². The Hall–Kier alpha value is -2.80. The van der Waals surface area contributed by atoms with Crippen molar-refractivity contribution in [2.75, 3.05) is 19.6 Å². The molecule has 0 saturated carbocycles. The smallest absolute Gasteiger partial charge is 0.314 e. The zero-order valence-corrected chi connectivity index (χ0v) is 16.8. The van der Waals surface area contributed by atoms with Gasteiger partial charge in [-0.05, 0) is 18.1 Å². The highest BCUT2D eigenvalue weighted by Crippen LogP contribution is 2.38. The van der Waals surface area contributed by atoms with Gasteiger partial charge in [-0.2, -0.15) is 0 Å². The van der Waals surface area contributed by atoms with Gasteiger partial charge in [0, 0.05) is 13.1 Å². The fourth-order valence-corrected chi connectivity index (χ4v) is 3.69. The first-order chi connectivity index (χ1) is 14.4. The molecule has 0 N–H and O–H groups in total. The van der Waals surface area contributed by atoms with E-state index in [0.717, 1.165) is 11.1 Å². The molecule has 30 heavy (non-hydrogen) atoms. The number of alkyl halides is 2. The van der Waals surface area contributed by atoms with E-state index >= 15 is 0 Å². The van der Waals surface area contributed by atoms with E-state index in [1.807, 2.05) is 60.7 Å². The number of nitrogens with zero attached hydrogens (tertiary/aromatic N) is 1. The van der Waals surface area contributed by atoms with Crippen molar-refractivity contribution in [3.05, 3.63) is 71.8 Å². The van der Waals surface area contributed by atoms with Crippen LogP contribution in [0.5, 0.6) is 0 Å². The van der Waals surface area contributed by atoms with Gasteiger partial charge in [0.25, 0.3) is 6.43 Å². The van der Waals surface area contributed by atoms with Crippen LogP contribution < -0.4 is 0 Å². The number of hydrogen-bond donors (Lipinski definition) is 0. The minimum Gasteiger partial charge on any atom is -0.461 e. The molecule has 1 fully saturated rings. The summed E-state index contributed by atoms with van der Waals surface area (Å²) in [5.41, 5.74) is 0.346. The number of rotatable bonds is 8. The van der Waals surface area contributed by atoms with Crippen LogP contribution in [0.3, 0.4) is 0 Å². The Morgan fingerprint density at radius 1 is 1.00 bits per heavy atom. The van der Waals surface area contributed by atoms with E-state index in [-0.39, 0.29) is 26.3 Å². The van der Waals surface area contributed by atoms with Crippen molar-refractivity contribution in [1.29, 1.82) is 0 Å². The number of likely N-dealkylation sites (tertiary alicyclic amines) is 1. The summed E-state index contributed by atoms with van der Waals surface area (Å²) in [7, 11) is 0. The van der Waals surface area contributed by atoms with Crippen LogP contribution in [0.25, 0.3) is 0 Å². The Kier molecular flexibility index (Phi) is 7.15. The maximum absolute atomic E-state index is 12.9. The van der Waals surface area contributed by atoms with Gasteiger partial charge in [-0.25, -0.2) is 8.78 Å². The minimum absolute atomic E-state index is 0.00999. The molecule has 0 radical (unpaired) electrons. The van der Waals surface area contributed by atoms with Gasteiger partial charge in [-0.1, -0.05) is 60.7 Å². The number of halogens is 2. The molecular weight excluding hydrogens is 392 g/mol. The molecule has 2 aromatic rings. The summed E-state index contributed by atoms with van der Waals surface area (Å²) in [6.45, 7) is 1.21. The fourth-order valence-electron chi connectivity index (χ4n) is 3.69. The summed E-state index contributed by atoms with van der Waals surface area (Å²) in [5, 5.41) is 0. The lowest BCUT2D eigenvalue weighted by Gasteiger charge is -2.27. The summed E-state index contributed by atoms with van der Waals surface area (Å²) in [6, 6.07) is 18.3. The van der Waals surface area contributed by atoms with E-state index in [0.29, 0.717) is 0 Å². The predicted octanol–water partition coefficient (Wildman–Crippen LogP) is 3.68. The number of carbonyl (C=O) groups excluding carboxylic acids is 2. The topological polar surface area (TPSA) is 55.8 Å². The van der Waals surface area contributed by atoms with Gasteiger partial charge in [-0.3, -0.25) is 14.5 Å². The van der Waals surface area contributed by atoms with Gasteiger partial charge in [0.15, 0.2) is 0 Å². The lowest BCUT2D eigenvalue weighted by atomic mass is 9.80. The second-order valence-corrected chi connectivity index (χ2v) is 7.71. The highest BCUT2D eigenvalue weighted by molar-refractivity contribution is 5.86. The monoisotopic (exact) mass is 417 g/mol. The summed E-state index contributed by atoms with van der Waals surface area (Å²) in [6.07, 6.45) is -2.56. The van der Waals surface area contributed by atoms with Gasteiger partial charge < -0.3 is 9.47 Å². The zero-order chi connectivity index (χ0) is 21.6. The molecule has 2 unspecified atom stereocenters. The van der Waals surface area contributed by atoms with Crippen molar-refractivity contribution in [2.45, 2.75) is 26.6 Å². The minimum atomic E-state index is -2.56. The first-order valence-electron chi connectivity index (χ1n) is 9.80. The lowest BCUT2D eigenvalue weighted by Crippen LogP contribution is -2.41. The summed E-state index contributed by atoms with van der Waals surface area (Å²) in [4.78, 5) is 27.1. The average molecular weight is 417 g/mol. The zero-order valence-electron chi connectivity index (χ0n) is 16.8. The van der Waals surface area contributed by atoms with E-state index in [2.05, 4.69) is 0 Å². The maximum atomic E-state index is 12.9. The van der Waals surface area contributed by atoms with E-state index in [9.17, 15) is 18.4 Å². The van der Waals surface area contributed by atoms with Crippen LogP contribution in [0.15, 0.2) is 60.7 Å². The molecule has 1 aliphatic rings. The lowest BCUT2D eigenvalue weighted by molar-refractivity contribution is -0.166. The van der Waals surface area contributed by atoms with Crippen molar-refractivity contribution in [3.63, 3.8) is 0 Å². The molecule has 0 spiro atoms. The molecule has 0 amide bonds. The molecule has 1 aliphatic heterocycles. The third-order valence-electron chi connectivity index (χ3n) is 5.35. The fraction of sp³-hybridized carbons (Fsp3) is 0.391. The Morgan fingerprint density at radius 2 is 1.53 bits per heavy atom. The highest BCUT2D eigenvalue weighted by Gasteiger charge is 2.54. The van der Waals surface area contributed by atoms with Crippen molar-refractivity contribution in [2.24, 2.45) is 11.3 Å². The number of esters is 2. The molecule has 3 rings (SSSR count). The van der Waals surface area contributed by atoms with Gasteiger partial charge in [0.05, 0.1) is 17.9 Å². The highest BCUT2D eigenvalue weighted by atomic mass is 19.3. The number of benzene rings is 2. The summed E-state index contributed by atoms with van der Waals surface area (Å²) in [5.74, 6) is -2.07. The van der Waals surface area contributed by atoms with Gasteiger partial charge >= 0.3 is 11.9 Å². The molecule has 160 valence electrons. The maximum Gasteiger partial charge on any atom is 0.314 e. The van der Waals surface area contributed by atoms with Crippen LogP contribution in [0.4, 0.5) is 8.78 Å². The normalized spacial score (nSPS) is 21.5. The van der Waals surface area contributed by atoms with Crippen molar-refractivity contribution in [3.8, 4) is 0 Å². The summed E-state index contributed by atoms with van der Waals surface area (Å²) >= 11 is 0. The van der Waals surface area contributed by atoms with Crippen LogP contribution in [0, 0.1) is 11.3 Å². The molecule has 5 nitrogen and oxygen atoms in total. The first-order valence-corrected chi connectivity index (χ1v) is 9.80. The molecule has 2 atom stereocenters. The average Bonchev–Trinajstić information content (AvgIpc) is 3.08. The molecule has 0 bridgehead atoms. The standard InChI is InChI=1S/C23H25F2NO4/c1-23(22(28)30-15-18-10-6-3-7-11-18)16-26(13-20(24)25)12-19(23)21(27)29-14-17-8-4-2-5-9-17/h2-11,19-20H,12-16H2,1H3. The second kappa shape index (κ2) is 9.80. The third kappa shape index (κ3) is 5.42. The molecular formula is C23H25F2NO4.